The van der Waals surface area contributed by atoms with Crippen molar-refractivity contribution in [3.8, 4) is 0 Å². The molecule has 0 radical (unpaired) electrons. The van der Waals surface area contributed by atoms with E-state index in [0.717, 1.165) is 12.8 Å². The molecule has 0 fully saturated rings. The van der Waals surface area contributed by atoms with Gasteiger partial charge in [-0.05, 0) is 19.3 Å². The minimum atomic E-state index is -0.633. The predicted molar refractivity (Wildman–Crippen MR) is 58.7 cm³/mol. The Morgan fingerprint density at radius 2 is 1.93 bits per heavy atom. The van der Waals surface area contributed by atoms with Crippen molar-refractivity contribution in [2.45, 2.75) is 46.6 Å². The van der Waals surface area contributed by atoms with E-state index < -0.39 is 12.2 Å². The normalized spacial score (nSPS) is 12.3. The topological polar surface area (TPSA) is 55.4 Å². The fourth-order valence-electron chi connectivity index (χ4n) is 1.21. The van der Waals surface area contributed by atoms with Crippen LogP contribution in [0.2, 0.25) is 0 Å². The lowest BCUT2D eigenvalue weighted by Crippen LogP contribution is -2.35. The van der Waals surface area contributed by atoms with Crippen molar-refractivity contribution in [2.24, 2.45) is 5.92 Å². The van der Waals surface area contributed by atoms with Gasteiger partial charge in [0.15, 0.2) is 11.9 Å². The van der Waals surface area contributed by atoms with Crippen LogP contribution >= 0.6 is 0 Å². The van der Waals surface area contributed by atoms with Crippen molar-refractivity contribution in [3.63, 3.8) is 0 Å². The van der Waals surface area contributed by atoms with Crippen molar-refractivity contribution in [2.75, 3.05) is 6.54 Å². The number of amides is 1. The quantitative estimate of drug-likeness (QED) is 0.690. The van der Waals surface area contributed by atoms with Crippen molar-refractivity contribution in [3.05, 3.63) is 0 Å². The molecule has 0 aliphatic rings. The number of ether oxygens (including phenoxy) is 1. The molecule has 0 rings (SSSR count). The Hall–Kier alpha value is -1.06. The highest BCUT2D eigenvalue weighted by Crippen LogP contribution is 2.07. The molecule has 15 heavy (non-hydrogen) atoms. The van der Waals surface area contributed by atoms with E-state index in [0.29, 0.717) is 6.54 Å². The average Bonchev–Trinajstić information content (AvgIpc) is 2.13. The lowest BCUT2D eigenvalue weighted by Gasteiger charge is -2.18. The van der Waals surface area contributed by atoms with Gasteiger partial charge in [-0.1, -0.05) is 27.2 Å². The lowest BCUT2D eigenvalue weighted by molar-refractivity contribution is -0.127. The smallest absolute Gasteiger partial charge is 0.407 e. The van der Waals surface area contributed by atoms with Gasteiger partial charge in [0.1, 0.15) is 0 Å². The number of alkyl carbamates (subject to hydrolysis) is 1. The molecule has 1 N–H and O–H groups in total. The van der Waals surface area contributed by atoms with Crippen LogP contribution in [0, 0.1) is 5.92 Å². The van der Waals surface area contributed by atoms with Gasteiger partial charge in [-0.15, -0.1) is 0 Å². The maximum Gasteiger partial charge on any atom is 0.407 e. The summed E-state index contributed by atoms with van der Waals surface area (Å²) in [6, 6.07) is 0. The molecule has 0 aromatic carbocycles. The third kappa shape index (κ3) is 6.10. The first-order valence-electron chi connectivity index (χ1n) is 5.44. The molecule has 0 unspecified atom stereocenters. The van der Waals surface area contributed by atoms with Gasteiger partial charge in [0.2, 0.25) is 0 Å². The summed E-state index contributed by atoms with van der Waals surface area (Å²) in [7, 11) is 0. The molecule has 1 atom stereocenters. The van der Waals surface area contributed by atoms with Gasteiger partial charge in [-0.3, -0.25) is 4.79 Å². The molecule has 0 aromatic heterocycles. The van der Waals surface area contributed by atoms with E-state index in [-0.39, 0.29) is 11.7 Å². The zero-order valence-corrected chi connectivity index (χ0v) is 10.0. The fourth-order valence-corrected chi connectivity index (χ4v) is 1.21. The van der Waals surface area contributed by atoms with Crippen molar-refractivity contribution in [1.29, 1.82) is 0 Å². The third-order valence-electron chi connectivity index (χ3n) is 2.04. The number of carbonyl (C=O) groups excluding carboxylic acids is 2. The van der Waals surface area contributed by atoms with E-state index in [1.165, 1.54) is 6.92 Å². The molecule has 1 amide bonds. The zero-order chi connectivity index (χ0) is 11.8. The Labute approximate surface area is 91.4 Å². The van der Waals surface area contributed by atoms with Gasteiger partial charge >= 0.3 is 6.09 Å². The number of rotatable bonds is 6. The summed E-state index contributed by atoms with van der Waals surface area (Å²) in [5.74, 6) is -0.102. The standard InChI is InChI=1S/C11H21NO3/c1-5-6-7-12-11(14)15-10(8(2)3)9(4)13/h8,10H,5-7H2,1-4H3,(H,12,14)/t10-/m0/s1. The Kier molecular flexibility index (Phi) is 6.75. The van der Waals surface area contributed by atoms with Crippen LogP contribution in [-0.4, -0.2) is 24.5 Å². The summed E-state index contributed by atoms with van der Waals surface area (Å²) in [4.78, 5) is 22.4. The summed E-state index contributed by atoms with van der Waals surface area (Å²) in [6.45, 7) is 7.78. The van der Waals surface area contributed by atoms with Gasteiger partial charge in [0, 0.05) is 6.54 Å². The Bertz CT molecular complexity index is 214. The van der Waals surface area contributed by atoms with Crippen LogP contribution in [0.5, 0.6) is 0 Å². The van der Waals surface area contributed by atoms with E-state index in [9.17, 15) is 9.59 Å². The first-order chi connectivity index (χ1) is 6.99. The minimum absolute atomic E-state index is 0.0134. The second kappa shape index (κ2) is 7.26. The summed E-state index contributed by atoms with van der Waals surface area (Å²) < 4.78 is 5.02. The highest BCUT2D eigenvalue weighted by molar-refractivity contribution is 5.83. The van der Waals surface area contributed by atoms with Crippen molar-refractivity contribution in [1.82, 2.24) is 5.32 Å². The maximum absolute atomic E-state index is 11.3. The molecule has 0 spiro atoms. The molecule has 0 aliphatic heterocycles. The van der Waals surface area contributed by atoms with E-state index in [1.54, 1.807) is 0 Å². The van der Waals surface area contributed by atoms with Crippen molar-refractivity contribution < 1.29 is 14.3 Å². The fraction of sp³-hybridized carbons (Fsp3) is 0.818. The predicted octanol–water partition coefficient (Wildman–Crippen LogP) is 2.13. The molecular weight excluding hydrogens is 194 g/mol. The number of nitrogens with one attached hydrogen (secondary N) is 1. The summed E-state index contributed by atoms with van der Waals surface area (Å²) in [5, 5.41) is 2.61. The maximum atomic E-state index is 11.3. The number of hydrogen-bond acceptors (Lipinski definition) is 3. The van der Waals surface area contributed by atoms with Crippen LogP contribution in [0.1, 0.15) is 40.5 Å². The minimum Gasteiger partial charge on any atom is -0.438 e. The SMILES string of the molecule is CCCCNC(=O)O[C@H](C(C)=O)C(C)C. The highest BCUT2D eigenvalue weighted by atomic mass is 16.6. The van der Waals surface area contributed by atoms with Crippen LogP contribution in [0.25, 0.3) is 0 Å². The van der Waals surface area contributed by atoms with Crippen LogP contribution in [0.15, 0.2) is 0 Å². The molecule has 4 nitrogen and oxygen atoms in total. The molecule has 0 saturated carbocycles. The summed E-state index contributed by atoms with van der Waals surface area (Å²) in [5.41, 5.74) is 0. The number of hydrogen-bond donors (Lipinski definition) is 1. The molecular formula is C11H21NO3. The Balaban J connectivity index is 3.95. The number of Topliss-reactive ketones (excluding diaryl/α,β-unsaturated/α-hetero) is 1. The van der Waals surface area contributed by atoms with Crippen LogP contribution in [-0.2, 0) is 9.53 Å². The second-order valence-corrected chi connectivity index (χ2v) is 3.96. The molecule has 0 aromatic rings. The Morgan fingerprint density at radius 1 is 1.33 bits per heavy atom. The zero-order valence-electron chi connectivity index (χ0n) is 10.0. The van der Waals surface area contributed by atoms with Gasteiger partial charge in [0.05, 0.1) is 0 Å². The van der Waals surface area contributed by atoms with Gasteiger partial charge < -0.3 is 10.1 Å². The summed E-state index contributed by atoms with van der Waals surface area (Å²) in [6.07, 6.45) is 0.797. The lowest BCUT2D eigenvalue weighted by atomic mass is 10.0. The van der Waals surface area contributed by atoms with E-state index >= 15 is 0 Å². The number of carbonyl (C=O) groups is 2. The van der Waals surface area contributed by atoms with Crippen LogP contribution in [0.3, 0.4) is 0 Å². The molecule has 88 valence electrons. The Morgan fingerprint density at radius 3 is 2.33 bits per heavy atom. The third-order valence-corrected chi connectivity index (χ3v) is 2.04. The highest BCUT2D eigenvalue weighted by Gasteiger charge is 2.22. The first kappa shape index (κ1) is 13.9. The second-order valence-electron chi connectivity index (χ2n) is 3.96. The number of unbranched alkanes of at least 4 members (excludes halogenated alkanes) is 1. The molecule has 0 saturated heterocycles. The van der Waals surface area contributed by atoms with Crippen LogP contribution < -0.4 is 5.32 Å². The summed E-state index contributed by atoms with van der Waals surface area (Å²) >= 11 is 0. The molecule has 0 aliphatic carbocycles. The largest absolute Gasteiger partial charge is 0.438 e. The van der Waals surface area contributed by atoms with Gasteiger partial charge in [-0.2, -0.15) is 0 Å². The van der Waals surface area contributed by atoms with Gasteiger partial charge in [-0.25, -0.2) is 4.79 Å². The van der Waals surface area contributed by atoms with Crippen molar-refractivity contribution >= 4 is 11.9 Å². The van der Waals surface area contributed by atoms with E-state index in [4.69, 9.17) is 4.74 Å². The van der Waals surface area contributed by atoms with Crippen LogP contribution in [0.4, 0.5) is 4.79 Å². The van der Waals surface area contributed by atoms with Gasteiger partial charge in [0.25, 0.3) is 0 Å². The average molecular weight is 215 g/mol. The van der Waals surface area contributed by atoms with E-state index in [1.807, 2.05) is 20.8 Å². The monoisotopic (exact) mass is 215 g/mol. The number of ketones is 1. The molecule has 4 heteroatoms. The molecule has 0 heterocycles. The first-order valence-corrected chi connectivity index (χ1v) is 5.44. The molecule has 0 bridgehead atoms. The van der Waals surface area contributed by atoms with E-state index in [2.05, 4.69) is 5.32 Å².